The number of aliphatic hydroxyl groups is 1. The van der Waals surface area contributed by atoms with Gasteiger partial charge in [-0.15, -0.1) is 0 Å². The van der Waals surface area contributed by atoms with Gasteiger partial charge in [-0.05, 0) is 50.0 Å². The number of benzene rings is 1. The van der Waals surface area contributed by atoms with Gasteiger partial charge in [-0.2, -0.15) is 0 Å². The van der Waals surface area contributed by atoms with Crippen molar-refractivity contribution >= 4 is 17.8 Å². The molecule has 1 saturated heterocycles. The van der Waals surface area contributed by atoms with E-state index < -0.39 is 18.1 Å². The largest absolute Gasteiger partial charge is 0.469 e. The molecule has 0 aromatic heterocycles. The molecule has 3 N–H and O–H groups in total. The maximum atomic E-state index is 13.1. The van der Waals surface area contributed by atoms with E-state index in [1.54, 1.807) is 0 Å². The highest BCUT2D eigenvalue weighted by molar-refractivity contribution is 5.81. The number of carbonyl (C=O) groups is 3. The van der Waals surface area contributed by atoms with Gasteiger partial charge in [0.2, 0.25) is 11.8 Å². The van der Waals surface area contributed by atoms with Gasteiger partial charge in [0.15, 0.2) is 0 Å². The SMILES string of the molecule is COC(=O)CCC(=O)NC(Cc1ccccc1)[C@@H](O)CC(NC(=O)C1CCOCC1)C1CCCCC1. The second-order valence-electron chi connectivity index (χ2n) is 10.1. The Hall–Kier alpha value is -2.45. The van der Waals surface area contributed by atoms with Crippen molar-refractivity contribution in [2.75, 3.05) is 20.3 Å². The molecule has 1 aromatic carbocycles. The van der Waals surface area contributed by atoms with Crippen LogP contribution in [0, 0.1) is 11.8 Å². The number of rotatable bonds is 12. The third-order valence-corrected chi connectivity index (χ3v) is 7.53. The zero-order valence-electron chi connectivity index (χ0n) is 21.5. The maximum Gasteiger partial charge on any atom is 0.306 e. The van der Waals surface area contributed by atoms with Crippen molar-refractivity contribution in [1.82, 2.24) is 10.6 Å². The monoisotopic (exact) mass is 502 g/mol. The van der Waals surface area contributed by atoms with Crippen molar-refractivity contribution in [3.8, 4) is 0 Å². The smallest absolute Gasteiger partial charge is 0.306 e. The van der Waals surface area contributed by atoms with E-state index >= 15 is 0 Å². The average molecular weight is 503 g/mol. The molecule has 2 aliphatic rings. The first-order valence-corrected chi connectivity index (χ1v) is 13.4. The molecule has 0 spiro atoms. The molecule has 1 aromatic rings. The molecule has 3 atom stereocenters. The highest BCUT2D eigenvalue weighted by atomic mass is 16.5. The molecule has 1 aliphatic carbocycles. The van der Waals surface area contributed by atoms with Crippen LogP contribution in [0.1, 0.15) is 69.8 Å². The molecule has 8 nitrogen and oxygen atoms in total. The number of nitrogens with one attached hydrogen (secondary N) is 2. The molecular formula is C28H42N2O6. The molecule has 3 rings (SSSR count). The first-order valence-electron chi connectivity index (χ1n) is 13.4. The predicted molar refractivity (Wildman–Crippen MR) is 136 cm³/mol. The Morgan fingerprint density at radius 3 is 2.36 bits per heavy atom. The van der Waals surface area contributed by atoms with E-state index in [2.05, 4.69) is 15.4 Å². The van der Waals surface area contributed by atoms with Gasteiger partial charge in [0.05, 0.1) is 25.7 Å². The first kappa shape index (κ1) is 28.1. The normalized spacial score (nSPS) is 19.6. The van der Waals surface area contributed by atoms with Crippen LogP contribution in [0.5, 0.6) is 0 Å². The van der Waals surface area contributed by atoms with Gasteiger partial charge in [0.1, 0.15) is 0 Å². The number of aliphatic hydroxyl groups excluding tert-OH is 1. The van der Waals surface area contributed by atoms with Gasteiger partial charge in [-0.1, -0.05) is 49.6 Å². The Morgan fingerprint density at radius 2 is 1.69 bits per heavy atom. The van der Waals surface area contributed by atoms with Gasteiger partial charge < -0.3 is 25.2 Å². The quantitative estimate of drug-likeness (QED) is 0.379. The summed E-state index contributed by atoms with van der Waals surface area (Å²) in [7, 11) is 1.29. The zero-order chi connectivity index (χ0) is 25.8. The highest BCUT2D eigenvalue weighted by Crippen LogP contribution is 2.30. The third kappa shape index (κ3) is 9.21. The van der Waals surface area contributed by atoms with E-state index in [-0.39, 0.29) is 36.6 Å². The summed E-state index contributed by atoms with van der Waals surface area (Å²) in [5.41, 5.74) is 0.996. The molecule has 0 radical (unpaired) electrons. The van der Waals surface area contributed by atoms with E-state index in [0.29, 0.717) is 32.0 Å². The Labute approximate surface area is 214 Å². The predicted octanol–water partition coefficient (Wildman–Crippen LogP) is 2.91. The number of methoxy groups -OCH3 is 1. The van der Waals surface area contributed by atoms with Crippen molar-refractivity contribution in [1.29, 1.82) is 0 Å². The van der Waals surface area contributed by atoms with E-state index in [1.165, 1.54) is 13.5 Å². The van der Waals surface area contributed by atoms with Crippen LogP contribution >= 0.6 is 0 Å². The fourth-order valence-corrected chi connectivity index (χ4v) is 5.34. The van der Waals surface area contributed by atoms with Crippen LogP contribution in [0.3, 0.4) is 0 Å². The lowest BCUT2D eigenvalue weighted by Gasteiger charge is -2.35. The highest BCUT2D eigenvalue weighted by Gasteiger charge is 2.33. The molecule has 8 heteroatoms. The summed E-state index contributed by atoms with van der Waals surface area (Å²) in [6.07, 6.45) is 6.91. The number of amides is 2. The summed E-state index contributed by atoms with van der Waals surface area (Å²) in [5.74, 6) is -0.452. The standard InChI is InChI=1S/C28H42N2O6/c1-35-27(33)13-12-26(32)29-24(18-20-8-4-2-5-9-20)25(31)19-23(21-10-6-3-7-11-21)30-28(34)22-14-16-36-17-15-22/h2,4-5,8-9,21-25,31H,3,6-7,10-19H2,1H3,(H,29,32)(H,30,34)/t23?,24?,25-/m0/s1. The molecule has 2 unspecified atom stereocenters. The van der Waals surface area contributed by atoms with Gasteiger partial charge in [0, 0.05) is 31.6 Å². The van der Waals surface area contributed by atoms with E-state index in [0.717, 1.165) is 44.1 Å². The van der Waals surface area contributed by atoms with Crippen LogP contribution in [-0.2, 0) is 30.3 Å². The number of ether oxygens (including phenoxy) is 2. The summed E-state index contributed by atoms with van der Waals surface area (Å²) in [5, 5.41) is 17.6. The number of hydrogen-bond acceptors (Lipinski definition) is 6. The number of carbonyl (C=O) groups excluding carboxylic acids is 3. The molecule has 36 heavy (non-hydrogen) atoms. The van der Waals surface area contributed by atoms with Crippen molar-refractivity contribution in [3.05, 3.63) is 35.9 Å². The van der Waals surface area contributed by atoms with Crippen LogP contribution in [0.25, 0.3) is 0 Å². The summed E-state index contributed by atoms with van der Waals surface area (Å²) in [6, 6.07) is 9.02. The van der Waals surface area contributed by atoms with Gasteiger partial charge >= 0.3 is 5.97 Å². The summed E-state index contributed by atoms with van der Waals surface area (Å²) >= 11 is 0. The van der Waals surface area contributed by atoms with E-state index in [1.807, 2.05) is 30.3 Å². The summed E-state index contributed by atoms with van der Waals surface area (Å²) in [6.45, 7) is 1.21. The lowest BCUT2D eigenvalue weighted by molar-refractivity contribution is -0.142. The molecule has 1 saturated carbocycles. The Morgan fingerprint density at radius 1 is 1.00 bits per heavy atom. The Bertz CT molecular complexity index is 821. The van der Waals surface area contributed by atoms with E-state index in [4.69, 9.17) is 4.74 Å². The van der Waals surface area contributed by atoms with Crippen molar-refractivity contribution in [3.63, 3.8) is 0 Å². The minimum atomic E-state index is -0.853. The zero-order valence-corrected chi connectivity index (χ0v) is 21.5. The molecule has 1 heterocycles. The fraction of sp³-hybridized carbons (Fsp3) is 0.679. The lowest BCUT2D eigenvalue weighted by Crippen LogP contribution is -2.51. The van der Waals surface area contributed by atoms with Gasteiger partial charge in [-0.25, -0.2) is 0 Å². The molecule has 200 valence electrons. The van der Waals surface area contributed by atoms with Crippen molar-refractivity contribution in [2.45, 2.75) is 88.8 Å². The lowest BCUT2D eigenvalue weighted by atomic mass is 9.80. The van der Waals surface area contributed by atoms with Crippen LogP contribution in [0.2, 0.25) is 0 Å². The molecule has 2 amide bonds. The van der Waals surface area contributed by atoms with Crippen LogP contribution < -0.4 is 10.6 Å². The summed E-state index contributed by atoms with van der Waals surface area (Å²) in [4.78, 5) is 37.2. The second kappa shape index (κ2) is 15.0. The number of hydrogen-bond donors (Lipinski definition) is 3. The molecule has 0 bridgehead atoms. The summed E-state index contributed by atoms with van der Waals surface area (Å²) < 4.78 is 10.1. The minimum absolute atomic E-state index is 0.00275. The Balaban J connectivity index is 1.70. The second-order valence-corrected chi connectivity index (χ2v) is 10.1. The molecule has 2 fully saturated rings. The topological polar surface area (TPSA) is 114 Å². The first-order chi connectivity index (χ1) is 17.5. The third-order valence-electron chi connectivity index (χ3n) is 7.53. The van der Waals surface area contributed by atoms with E-state index in [9.17, 15) is 19.5 Å². The minimum Gasteiger partial charge on any atom is -0.469 e. The number of esters is 1. The molecular weight excluding hydrogens is 460 g/mol. The van der Waals surface area contributed by atoms with Crippen LogP contribution in [-0.4, -0.2) is 61.4 Å². The average Bonchev–Trinajstić information content (AvgIpc) is 2.92. The van der Waals surface area contributed by atoms with Crippen molar-refractivity contribution in [2.24, 2.45) is 11.8 Å². The van der Waals surface area contributed by atoms with Gasteiger partial charge in [-0.3, -0.25) is 14.4 Å². The Kier molecular flexibility index (Phi) is 11.7. The van der Waals surface area contributed by atoms with Gasteiger partial charge in [0.25, 0.3) is 0 Å². The molecule has 1 aliphatic heterocycles. The van der Waals surface area contributed by atoms with Crippen LogP contribution in [0.15, 0.2) is 30.3 Å². The van der Waals surface area contributed by atoms with Crippen molar-refractivity contribution < 1.29 is 29.0 Å². The fourth-order valence-electron chi connectivity index (χ4n) is 5.34. The maximum absolute atomic E-state index is 13.1. The van der Waals surface area contributed by atoms with Crippen LogP contribution in [0.4, 0.5) is 0 Å².